The van der Waals surface area contributed by atoms with Gasteiger partial charge in [0.15, 0.2) is 5.84 Å². The number of rotatable bonds is 5. The van der Waals surface area contributed by atoms with Crippen molar-refractivity contribution in [2.75, 3.05) is 0 Å². The molecule has 0 radical (unpaired) electrons. The third-order valence-electron chi connectivity index (χ3n) is 9.34. The molecular formula is C45H31N3. The summed E-state index contributed by atoms with van der Waals surface area (Å²) in [6, 6.07) is 62.3. The van der Waals surface area contributed by atoms with Gasteiger partial charge in [-0.2, -0.15) is 0 Å². The second kappa shape index (κ2) is 11.8. The molecule has 9 rings (SSSR count). The molecule has 0 saturated carbocycles. The van der Waals surface area contributed by atoms with Gasteiger partial charge in [-0.3, -0.25) is 0 Å². The second-order valence-corrected chi connectivity index (χ2v) is 12.2. The summed E-state index contributed by atoms with van der Waals surface area (Å²) in [5.74, 6) is 1.52. The number of amidine groups is 2. The van der Waals surface area contributed by atoms with E-state index in [1.54, 1.807) is 0 Å². The van der Waals surface area contributed by atoms with Crippen LogP contribution in [0.15, 0.2) is 186 Å². The summed E-state index contributed by atoms with van der Waals surface area (Å²) in [4.78, 5) is 10.3. The molecular weight excluding hydrogens is 583 g/mol. The maximum atomic E-state index is 5.17. The lowest BCUT2D eigenvalue weighted by Crippen LogP contribution is -2.33. The van der Waals surface area contributed by atoms with E-state index >= 15 is 0 Å². The largest absolute Gasteiger partial charge is 0.344 e. The summed E-state index contributed by atoms with van der Waals surface area (Å²) in [7, 11) is 0. The average Bonchev–Trinajstić information content (AvgIpc) is 3.18. The highest BCUT2D eigenvalue weighted by Crippen LogP contribution is 2.36. The molecule has 48 heavy (non-hydrogen) atoms. The Bertz CT molecular complexity index is 2460. The fourth-order valence-corrected chi connectivity index (χ4v) is 6.88. The highest BCUT2D eigenvalue weighted by atomic mass is 15.2. The summed E-state index contributed by atoms with van der Waals surface area (Å²) in [5, 5.41) is 11.2. The molecule has 1 heterocycles. The van der Waals surface area contributed by atoms with Crippen molar-refractivity contribution >= 4 is 44.0 Å². The molecule has 0 spiro atoms. The molecule has 1 aliphatic rings. The zero-order valence-corrected chi connectivity index (χ0v) is 26.2. The van der Waals surface area contributed by atoms with Crippen molar-refractivity contribution < 1.29 is 0 Å². The Hall–Kier alpha value is -6.32. The van der Waals surface area contributed by atoms with Gasteiger partial charge < -0.3 is 5.32 Å². The van der Waals surface area contributed by atoms with E-state index < -0.39 is 0 Å². The summed E-state index contributed by atoms with van der Waals surface area (Å²) < 4.78 is 0. The Balaban J connectivity index is 1.16. The molecule has 8 aromatic carbocycles. The van der Waals surface area contributed by atoms with Gasteiger partial charge in [-0.25, -0.2) is 9.98 Å². The fourth-order valence-electron chi connectivity index (χ4n) is 6.88. The first-order chi connectivity index (χ1) is 23.8. The molecule has 226 valence electrons. The normalized spacial score (nSPS) is 14.5. The van der Waals surface area contributed by atoms with Crippen LogP contribution in [0.3, 0.4) is 0 Å². The number of fused-ring (bicyclic) bond motifs is 6. The first-order valence-electron chi connectivity index (χ1n) is 16.4. The highest BCUT2D eigenvalue weighted by Gasteiger charge is 2.22. The van der Waals surface area contributed by atoms with E-state index in [0.717, 1.165) is 22.5 Å². The Morgan fingerprint density at radius 2 is 0.771 bits per heavy atom. The van der Waals surface area contributed by atoms with Crippen LogP contribution in [0.25, 0.3) is 54.6 Å². The lowest BCUT2D eigenvalue weighted by molar-refractivity contribution is 0.674. The van der Waals surface area contributed by atoms with Crippen LogP contribution in [-0.4, -0.2) is 11.7 Å². The summed E-state index contributed by atoms with van der Waals surface area (Å²) in [6.07, 6.45) is -0.296. The standard InChI is InChI=1S/C45H31N3/c1-3-11-30(12-4-1)32-19-23-34(24-20-32)43-46-44(35-25-21-33(22-26-35)31-13-5-2-6-14-31)48-45(47-43)36-27-28-41-39-17-8-7-15-37(39)38-16-9-10-18-40(38)42(41)29-36/h1-29,43H,(H,46,47,48). The topological polar surface area (TPSA) is 36.8 Å². The van der Waals surface area contributed by atoms with Crippen molar-refractivity contribution in [2.24, 2.45) is 9.98 Å². The van der Waals surface area contributed by atoms with Crippen LogP contribution in [0.4, 0.5) is 0 Å². The SMILES string of the molecule is c1ccc(-c2ccc(C3=NC(c4ccc(-c5ccccc5)cc4)NC(c4ccc5c6ccccc6c6ccccc6c5c4)=N3)cc2)cc1. The van der Waals surface area contributed by atoms with Crippen molar-refractivity contribution in [3.63, 3.8) is 0 Å². The van der Waals surface area contributed by atoms with E-state index in [1.807, 2.05) is 12.1 Å². The Morgan fingerprint density at radius 3 is 1.33 bits per heavy atom. The van der Waals surface area contributed by atoms with E-state index in [-0.39, 0.29) is 6.17 Å². The van der Waals surface area contributed by atoms with Gasteiger partial charge in [0.2, 0.25) is 0 Å². The van der Waals surface area contributed by atoms with Crippen LogP contribution < -0.4 is 5.32 Å². The van der Waals surface area contributed by atoms with Crippen molar-refractivity contribution in [3.05, 3.63) is 193 Å². The van der Waals surface area contributed by atoms with Gasteiger partial charge in [0.25, 0.3) is 0 Å². The molecule has 0 aromatic heterocycles. The minimum Gasteiger partial charge on any atom is -0.344 e. The van der Waals surface area contributed by atoms with E-state index in [1.165, 1.54) is 54.6 Å². The van der Waals surface area contributed by atoms with Crippen molar-refractivity contribution in [1.29, 1.82) is 0 Å². The maximum Gasteiger partial charge on any atom is 0.159 e. The van der Waals surface area contributed by atoms with Gasteiger partial charge in [0.05, 0.1) is 0 Å². The molecule has 1 aliphatic heterocycles. The molecule has 1 atom stereocenters. The predicted molar refractivity (Wildman–Crippen MR) is 202 cm³/mol. The third kappa shape index (κ3) is 5.03. The van der Waals surface area contributed by atoms with Crippen molar-refractivity contribution in [1.82, 2.24) is 5.32 Å². The zero-order valence-electron chi connectivity index (χ0n) is 26.2. The number of hydrogen-bond acceptors (Lipinski definition) is 3. The first-order valence-corrected chi connectivity index (χ1v) is 16.4. The number of nitrogens with zero attached hydrogens (tertiary/aromatic N) is 2. The molecule has 0 aliphatic carbocycles. The molecule has 3 heteroatoms. The summed E-state index contributed by atoms with van der Waals surface area (Å²) in [5.41, 5.74) is 7.82. The zero-order chi connectivity index (χ0) is 31.9. The van der Waals surface area contributed by atoms with Crippen LogP contribution in [0.1, 0.15) is 22.9 Å². The van der Waals surface area contributed by atoms with Crippen molar-refractivity contribution in [3.8, 4) is 22.3 Å². The molecule has 0 saturated heterocycles. The number of hydrogen-bond donors (Lipinski definition) is 1. The number of benzene rings is 8. The van der Waals surface area contributed by atoms with Crippen LogP contribution in [-0.2, 0) is 0 Å². The first kappa shape index (κ1) is 27.9. The van der Waals surface area contributed by atoms with Crippen molar-refractivity contribution in [2.45, 2.75) is 6.17 Å². The molecule has 0 amide bonds. The predicted octanol–water partition coefficient (Wildman–Crippen LogP) is 11.0. The van der Waals surface area contributed by atoms with Gasteiger partial charge in [0.1, 0.15) is 12.0 Å². The molecule has 1 unspecified atom stereocenters. The van der Waals surface area contributed by atoms with E-state index in [4.69, 9.17) is 9.98 Å². The van der Waals surface area contributed by atoms with Gasteiger partial charge >= 0.3 is 0 Å². The lowest BCUT2D eigenvalue weighted by Gasteiger charge is -2.24. The minimum atomic E-state index is -0.296. The van der Waals surface area contributed by atoms with Gasteiger partial charge in [-0.1, -0.05) is 170 Å². The fraction of sp³-hybridized carbons (Fsp3) is 0.0222. The smallest absolute Gasteiger partial charge is 0.159 e. The van der Waals surface area contributed by atoms with Gasteiger partial charge in [-0.15, -0.1) is 0 Å². The van der Waals surface area contributed by atoms with Crippen LogP contribution in [0.5, 0.6) is 0 Å². The van der Waals surface area contributed by atoms with Crippen LogP contribution >= 0.6 is 0 Å². The monoisotopic (exact) mass is 613 g/mol. The maximum absolute atomic E-state index is 5.17. The van der Waals surface area contributed by atoms with E-state index in [2.05, 4.69) is 169 Å². The minimum absolute atomic E-state index is 0.296. The summed E-state index contributed by atoms with van der Waals surface area (Å²) >= 11 is 0. The number of aliphatic imine (C=N–C) groups is 2. The van der Waals surface area contributed by atoms with Crippen LogP contribution in [0.2, 0.25) is 0 Å². The van der Waals surface area contributed by atoms with Gasteiger partial charge in [0, 0.05) is 11.1 Å². The van der Waals surface area contributed by atoms with Gasteiger partial charge in [-0.05, 0) is 66.2 Å². The highest BCUT2D eigenvalue weighted by molar-refractivity contribution is 6.26. The lowest BCUT2D eigenvalue weighted by atomic mass is 9.93. The second-order valence-electron chi connectivity index (χ2n) is 12.2. The van der Waals surface area contributed by atoms with Crippen LogP contribution in [0, 0.1) is 0 Å². The Labute approximate surface area is 279 Å². The van der Waals surface area contributed by atoms with E-state index in [9.17, 15) is 0 Å². The molecule has 0 fully saturated rings. The van der Waals surface area contributed by atoms with E-state index in [0.29, 0.717) is 5.84 Å². The quantitative estimate of drug-likeness (QED) is 0.193. The molecule has 1 N–H and O–H groups in total. The Kier molecular flexibility index (Phi) is 6.87. The Morgan fingerprint density at radius 1 is 0.354 bits per heavy atom. The molecule has 3 nitrogen and oxygen atoms in total. The molecule has 0 bridgehead atoms. The molecule has 8 aromatic rings. The third-order valence-corrected chi connectivity index (χ3v) is 9.34. The summed E-state index contributed by atoms with van der Waals surface area (Å²) in [6.45, 7) is 0. The average molecular weight is 614 g/mol. The number of nitrogens with one attached hydrogen (secondary N) is 1.